The Balaban J connectivity index is 3.12. The Morgan fingerprint density at radius 1 is 1.45 bits per heavy atom. The normalized spacial score (nSPS) is 13.1. The van der Waals surface area contributed by atoms with Crippen LogP contribution in [0, 0.1) is 0 Å². The number of hydroxylamine groups is 1. The van der Waals surface area contributed by atoms with Crippen LogP contribution in [0.15, 0.2) is 46.2 Å². The summed E-state index contributed by atoms with van der Waals surface area (Å²) in [5, 5.41) is 19.7. The second-order valence-electron chi connectivity index (χ2n) is 4.15. The highest BCUT2D eigenvalue weighted by Crippen LogP contribution is 2.12. The first-order chi connectivity index (χ1) is 9.62. The van der Waals surface area contributed by atoms with E-state index in [-0.39, 0.29) is 17.6 Å². The molecule has 1 heterocycles. The third-order valence-electron chi connectivity index (χ3n) is 2.15. The summed E-state index contributed by atoms with van der Waals surface area (Å²) in [4.78, 5) is 4.21. The van der Waals surface area contributed by atoms with Crippen molar-refractivity contribution in [1.29, 1.82) is 0 Å². The minimum absolute atomic E-state index is 0.116. The fourth-order valence-corrected chi connectivity index (χ4v) is 1.32. The van der Waals surface area contributed by atoms with E-state index >= 15 is 0 Å². The largest absolute Gasteiger partial charge is 0.363 e. The molecule has 0 aliphatic heterocycles. The molecule has 0 aliphatic carbocycles. The molecule has 3 N–H and O–H groups in total. The van der Waals surface area contributed by atoms with Crippen LogP contribution in [0.3, 0.4) is 0 Å². The molecule has 1 aromatic rings. The van der Waals surface area contributed by atoms with Crippen LogP contribution in [-0.2, 0) is 0 Å². The quantitative estimate of drug-likeness (QED) is 0.319. The zero-order chi connectivity index (χ0) is 15.0. The molecule has 108 valence electrons. The van der Waals surface area contributed by atoms with Gasteiger partial charge < -0.3 is 5.32 Å². The lowest BCUT2D eigenvalue weighted by Crippen LogP contribution is -2.23. The van der Waals surface area contributed by atoms with E-state index in [0.29, 0.717) is 11.5 Å². The van der Waals surface area contributed by atoms with E-state index in [0.717, 1.165) is 0 Å². The molecule has 0 saturated carbocycles. The minimum Gasteiger partial charge on any atom is -0.363 e. The predicted octanol–water partition coefficient (Wildman–Crippen LogP) is 2.26. The molecule has 7 heteroatoms. The third kappa shape index (κ3) is 4.36. The van der Waals surface area contributed by atoms with Crippen LogP contribution < -0.4 is 10.8 Å². The van der Waals surface area contributed by atoms with Crippen LogP contribution in [-0.4, -0.2) is 27.4 Å². The average Bonchev–Trinajstić information content (AvgIpc) is 2.86. The van der Waals surface area contributed by atoms with Crippen molar-refractivity contribution in [2.24, 2.45) is 4.99 Å². The Morgan fingerprint density at radius 2 is 2.20 bits per heavy atom. The number of amidine groups is 1. The van der Waals surface area contributed by atoms with Crippen molar-refractivity contribution in [3.05, 3.63) is 42.3 Å². The van der Waals surface area contributed by atoms with Crippen LogP contribution in [0.4, 0.5) is 5.82 Å². The number of aliphatic imine (C=N–C) groups is 1. The number of nitrogens with zero attached hydrogens (tertiary/aromatic N) is 3. The molecule has 0 saturated heterocycles. The number of aromatic nitrogens is 2. The van der Waals surface area contributed by atoms with Crippen molar-refractivity contribution >= 4 is 11.7 Å². The summed E-state index contributed by atoms with van der Waals surface area (Å²) < 4.78 is 4.67. The molecule has 7 nitrogen and oxygen atoms in total. The predicted molar refractivity (Wildman–Crippen MR) is 77.6 cm³/mol. The Kier molecular flexibility index (Phi) is 6.18. The average molecular weight is 277 g/mol. The summed E-state index contributed by atoms with van der Waals surface area (Å²) in [6, 6.07) is 0.137. The van der Waals surface area contributed by atoms with Gasteiger partial charge in [0.05, 0.1) is 5.70 Å². The number of allylic oxidation sites excluding steroid dienone is 4. The highest BCUT2D eigenvalue weighted by atomic mass is 16.6. The van der Waals surface area contributed by atoms with E-state index in [1.165, 1.54) is 0 Å². The summed E-state index contributed by atoms with van der Waals surface area (Å²) in [5.41, 5.74) is 2.83. The lowest BCUT2D eigenvalue weighted by molar-refractivity contribution is 0.233. The van der Waals surface area contributed by atoms with Crippen molar-refractivity contribution in [2.45, 2.75) is 26.8 Å². The molecular formula is C13H19N5O2. The second-order valence-corrected chi connectivity index (χ2v) is 4.15. The molecule has 0 spiro atoms. The number of rotatable bonds is 6. The van der Waals surface area contributed by atoms with Gasteiger partial charge in [0.2, 0.25) is 5.82 Å². The fourth-order valence-electron chi connectivity index (χ4n) is 1.32. The SMILES string of the molecule is C=C/C(=C\C=C/C)N=C(NO)c1nonc1NC(C)C. The van der Waals surface area contributed by atoms with E-state index in [2.05, 4.69) is 31.8 Å². The van der Waals surface area contributed by atoms with Gasteiger partial charge in [-0.1, -0.05) is 18.7 Å². The highest BCUT2D eigenvalue weighted by Gasteiger charge is 2.17. The van der Waals surface area contributed by atoms with Crippen LogP contribution in [0.25, 0.3) is 0 Å². The first kappa shape index (κ1) is 15.6. The van der Waals surface area contributed by atoms with Crippen molar-refractivity contribution in [3.8, 4) is 0 Å². The van der Waals surface area contributed by atoms with E-state index in [9.17, 15) is 5.21 Å². The lowest BCUT2D eigenvalue weighted by atomic mass is 10.3. The van der Waals surface area contributed by atoms with E-state index in [1.54, 1.807) is 12.2 Å². The van der Waals surface area contributed by atoms with Gasteiger partial charge in [-0.2, -0.15) is 0 Å². The zero-order valence-electron chi connectivity index (χ0n) is 11.8. The van der Waals surface area contributed by atoms with Gasteiger partial charge >= 0.3 is 0 Å². The van der Waals surface area contributed by atoms with E-state index in [4.69, 9.17) is 0 Å². The van der Waals surface area contributed by atoms with Crippen molar-refractivity contribution < 1.29 is 9.84 Å². The van der Waals surface area contributed by atoms with Gasteiger partial charge in [0.1, 0.15) is 0 Å². The van der Waals surface area contributed by atoms with Gasteiger partial charge in [-0.15, -0.1) is 0 Å². The van der Waals surface area contributed by atoms with E-state index < -0.39 is 0 Å². The standard InChI is InChI=1S/C13H19N5O2/c1-5-7-8-10(6-2)15-12(16-19)11-13(14-9(3)4)18-20-17-11/h5-9,19H,2H2,1,3-4H3,(H,14,18)(H,15,16)/b7-5-,10-8+. The lowest BCUT2D eigenvalue weighted by Gasteiger charge is -2.07. The zero-order valence-corrected chi connectivity index (χ0v) is 11.8. The Hall–Kier alpha value is -2.41. The molecule has 1 aromatic heterocycles. The fraction of sp³-hybridized carbons (Fsp3) is 0.308. The monoisotopic (exact) mass is 277 g/mol. The van der Waals surface area contributed by atoms with Gasteiger partial charge in [0.15, 0.2) is 11.5 Å². The Labute approximate surface area is 117 Å². The number of hydrogen-bond acceptors (Lipinski definition) is 6. The molecule has 20 heavy (non-hydrogen) atoms. The van der Waals surface area contributed by atoms with Gasteiger partial charge in [-0.05, 0) is 43.2 Å². The summed E-state index contributed by atoms with van der Waals surface area (Å²) >= 11 is 0. The van der Waals surface area contributed by atoms with Gasteiger partial charge in [-0.3, -0.25) is 10.7 Å². The first-order valence-electron chi connectivity index (χ1n) is 6.16. The summed E-state index contributed by atoms with van der Waals surface area (Å²) in [7, 11) is 0. The van der Waals surface area contributed by atoms with Gasteiger partial charge in [-0.25, -0.2) is 9.62 Å². The molecule has 0 bridgehead atoms. The summed E-state index contributed by atoms with van der Waals surface area (Å²) in [6.45, 7) is 9.44. The minimum atomic E-state index is 0.116. The van der Waals surface area contributed by atoms with Gasteiger partial charge in [0.25, 0.3) is 0 Å². The molecule has 0 unspecified atom stereocenters. The maximum atomic E-state index is 9.23. The molecule has 0 aromatic carbocycles. The Bertz CT molecular complexity index is 529. The number of hydrogen-bond donors (Lipinski definition) is 3. The van der Waals surface area contributed by atoms with Crippen LogP contribution >= 0.6 is 0 Å². The molecule has 0 aliphatic rings. The number of anilines is 1. The maximum absolute atomic E-state index is 9.23. The van der Waals surface area contributed by atoms with Crippen molar-refractivity contribution in [3.63, 3.8) is 0 Å². The number of nitrogens with one attached hydrogen (secondary N) is 2. The molecule has 0 atom stereocenters. The Morgan fingerprint density at radius 3 is 2.75 bits per heavy atom. The highest BCUT2D eigenvalue weighted by molar-refractivity contribution is 6.00. The smallest absolute Gasteiger partial charge is 0.202 e. The van der Waals surface area contributed by atoms with Gasteiger partial charge in [0, 0.05) is 6.04 Å². The van der Waals surface area contributed by atoms with Crippen molar-refractivity contribution in [2.75, 3.05) is 5.32 Å². The topological polar surface area (TPSA) is 95.6 Å². The molecular weight excluding hydrogens is 258 g/mol. The summed E-state index contributed by atoms with van der Waals surface area (Å²) in [6.07, 6.45) is 6.96. The first-order valence-corrected chi connectivity index (χ1v) is 6.16. The van der Waals surface area contributed by atoms with Crippen LogP contribution in [0.1, 0.15) is 26.5 Å². The van der Waals surface area contributed by atoms with Crippen LogP contribution in [0.5, 0.6) is 0 Å². The second kappa shape index (κ2) is 7.90. The molecule has 0 radical (unpaired) electrons. The van der Waals surface area contributed by atoms with Crippen LogP contribution in [0.2, 0.25) is 0 Å². The third-order valence-corrected chi connectivity index (χ3v) is 2.15. The molecule has 0 fully saturated rings. The molecule has 1 rings (SSSR count). The summed E-state index contributed by atoms with van der Waals surface area (Å²) in [5.74, 6) is 0.514. The molecule has 0 amide bonds. The van der Waals surface area contributed by atoms with Crippen molar-refractivity contribution in [1.82, 2.24) is 15.8 Å². The van der Waals surface area contributed by atoms with E-state index in [1.807, 2.05) is 38.4 Å². The maximum Gasteiger partial charge on any atom is 0.202 e.